The van der Waals surface area contributed by atoms with Gasteiger partial charge in [0, 0.05) is 31.0 Å². The molecule has 126 valence electrons. The molecule has 9 heteroatoms. The van der Waals surface area contributed by atoms with Gasteiger partial charge in [-0.05, 0) is 30.3 Å². The van der Waals surface area contributed by atoms with Crippen molar-refractivity contribution in [2.24, 2.45) is 5.92 Å². The molecular formula is C16H13FN6O2. The second-order valence-corrected chi connectivity index (χ2v) is 5.67. The zero-order valence-electron chi connectivity index (χ0n) is 13.0. The number of aromatic nitrogens is 4. The quantitative estimate of drug-likeness (QED) is 0.775. The number of rotatable bonds is 3. The number of carbonyl (C=O) groups is 2. The van der Waals surface area contributed by atoms with Gasteiger partial charge in [0.05, 0.1) is 5.92 Å². The Kier molecular flexibility index (Phi) is 3.60. The topological polar surface area (TPSA) is 92.5 Å². The van der Waals surface area contributed by atoms with Crippen LogP contribution in [0.2, 0.25) is 0 Å². The Morgan fingerprint density at radius 1 is 1.28 bits per heavy atom. The number of amides is 2. The molecule has 1 aliphatic heterocycles. The number of carbonyl (C=O) groups excluding carboxylic acids is 2. The molecule has 0 saturated carbocycles. The molecule has 1 aromatic carbocycles. The smallest absolute Gasteiger partial charge is 0.253 e. The van der Waals surface area contributed by atoms with E-state index in [1.165, 1.54) is 33.7 Å². The lowest BCUT2D eigenvalue weighted by Crippen LogP contribution is -2.28. The maximum Gasteiger partial charge on any atom is 0.253 e. The van der Waals surface area contributed by atoms with Gasteiger partial charge in [0.25, 0.3) is 11.7 Å². The first-order valence-electron chi connectivity index (χ1n) is 7.64. The highest BCUT2D eigenvalue weighted by molar-refractivity contribution is 6.03. The van der Waals surface area contributed by atoms with Gasteiger partial charge in [-0.15, -0.1) is 5.10 Å². The van der Waals surface area contributed by atoms with E-state index in [1.807, 2.05) is 0 Å². The third kappa shape index (κ3) is 2.91. The average molecular weight is 340 g/mol. The van der Waals surface area contributed by atoms with Crippen molar-refractivity contribution in [3.05, 3.63) is 48.5 Å². The van der Waals surface area contributed by atoms with Crippen molar-refractivity contribution in [2.45, 2.75) is 6.42 Å². The normalized spacial score (nSPS) is 17.2. The molecular weight excluding hydrogens is 327 g/mol. The third-order valence-electron chi connectivity index (χ3n) is 3.99. The van der Waals surface area contributed by atoms with Crippen molar-refractivity contribution >= 4 is 29.2 Å². The van der Waals surface area contributed by atoms with Crippen LogP contribution in [0.3, 0.4) is 0 Å². The van der Waals surface area contributed by atoms with Gasteiger partial charge in [0.1, 0.15) is 5.82 Å². The van der Waals surface area contributed by atoms with E-state index in [1.54, 1.807) is 18.5 Å². The minimum Gasteiger partial charge on any atom is -0.312 e. The Morgan fingerprint density at radius 2 is 2.08 bits per heavy atom. The number of fused-ring (bicyclic) bond motifs is 1. The van der Waals surface area contributed by atoms with Gasteiger partial charge < -0.3 is 4.90 Å². The molecule has 2 aromatic heterocycles. The summed E-state index contributed by atoms with van der Waals surface area (Å²) < 4.78 is 14.5. The molecule has 1 saturated heterocycles. The molecule has 1 unspecified atom stereocenters. The molecule has 4 rings (SSSR count). The highest BCUT2D eigenvalue weighted by atomic mass is 19.1. The van der Waals surface area contributed by atoms with Crippen LogP contribution in [0.1, 0.15) is 6.42 Å². The van der Waals surface area contributed by atoms with Crippen molar-refractivity contribution in [2.75, 3.05) is 16.8 Å². The van der Waals surface area contributed by atoms with Crippen LogP contribution in [0.4, 0.5) is 16.0 Å². The van der Waals surface area contributed by atoms with E-state index in [0.29, 0.717) is 11.5 Å². The van der Waals surface area contributed by atoms with Gasteiger partial charge in [-0.25, -0.2) is 13.9 Å². The molecule has 25 heavy (non-hydrogen) atoms. The van der Waals surface area contributed by atoms with Gasteiger partial charge >= 0.3 is 0 Å². The Labute approximate surface area is 141 Å². The number of benzene rings is 1. The fourth-order valence-electron chi connectivity index (χ4n) is 2.75. The van der Waals surface area contributed by atoms with Gasteiger partial charge in [-0.1, -0.05) is 0 Å². The summed E-state index contributed by atoms with van der Waals surface area (Å²) >= 11 is 0. The zero-order valence-corrected chi connectivity index (χ0v) is 13.0. The van der Waals surface area contributed by atoms with Crippen LogP contribution in [-0.2, 0) is 9.59 Å². The second-order valence-electron chi connectivity index (χ2n) is 5.67. The Balaban J connectivity index is 1.47. The SMILES string of the molecule is O=C(Nc1nc2ncccn2n1)C1CC(=O)N(c2ccc(F)cc2)C1. The number of halogens is 1. The van der Waals surface area contributed by atoms with Gasteiger partial charge in [0.2, 0.25) is 11.8 Å². The summed E-state index contributed by atoms with van der Waals surface area (Å²) in [6.45, 7) is 0.224. The molecule has 1 N–H and O–H groups in total. The average Bonchev–Trinajstić information content (AvgIpc) is 3.18. The third-order valence-corrected chi connectivity index (χ3v) is 3.99. The molecule has 0 radical (unpaired) electrons. The van der Waals surface area contributed by atoms with E-state index in [0.717, 1.165) is 0 Å². The van der Waals surface area contributed by atoms with Crippen LogP contribution in [0.25, 0.3) is 5.78 Å². The van der Waals surface area contributed by atoms with Crippen LogP contribution in [-0.4, -0.2) is 37.9 Å². The summed E-state index contributed by atoms with van der Waals surface area (Å²) in [6, 6.07) is 7.29. The molecule has 8 nitrogen and oxygen atoms in total. The van der Waals surface area contributed by atoms with Gasteiger partial charge in [-0.3, -0.25) is 14.9 Å². The van der Waals surface area contributed by atoms with Gasteiger partial charge in [-0.2, -0.15) is 4.98 Å². The fourth-order valence-corrected chi connectivity index (χ4v) is 2.75. The van der Waals surface area contributed by atoms with E-state index in [4.69, 9.17) is 0 Å². The number of nitrogens with zero attached hydrogens (tertiary/aromatic N) is 5. The fraction of sp³-hybridized carbons (Fsp3) is 0.188. The predicted octanol–water partition coefficient (Wildman–Crippen LogP) is 1.25. The maximum atomic E-state index is 13.0. The predicted molar refractivity (Wildman–Crippen MR) is 86.3 cm³/mol. The number of hydrogen-bond acceptors (Lipinski definition) is 5. The molecule has 0 aliphatic carbocycles. The monoisotopic (exact) mass is 340 g/mol. The summed E-state index contributed by atoms with van der Waals surface area (Å²) in [5.41, 5.74) is 0.566. The Hall–Kier alpha value is -3.36. The first kappa shape index (κ1) is 15.2. The number of nitrogens with one attached hydrogen (secondary N) is 1. The van der Waals surface area contributed by atoms with Crippen molar-refractivity contribution in [3.8, 4) is 0 Å². The molecule has 1 fully saturated rings. The van der Waals surface area contributed by atoms with Crippen LogP contribution < -0.4 is 10.2 Å². The van der Waals surface area contributed by atoms with E-state index in [-0.39, 0.29) is 36.5 Å². The van der Waals surface area contributed by atoms with Crippen molar-refractivity contribution in [1.29, 1.82) is 0 Å². The Bertz CT molecular complexity index is 922. The van der Waals surface area contributed by atoms with Crippen LogP contribution in [0.15, 0.2) is 42.7 Å². The lowest BCUT2D eigenvalue weighted by molar-refractivity contribution is -0.122. The first-order chi connectivity index (χ1) is 12.1. The number of anilines is 2. The van der Waals surface area contributed by atoms with Crippen molar-refractivity contribution in [3.63, 3.8) is 0 Å². The minimum atomic E-state index is -0.530. The van der Waals surface area contributed by atoms with Gasteiger partial charge in [0.15, 0.2) is 0 Å². The molecule has 1 aliphatic rings. The molecule has 3 aromatic rings. The summed E-state index contributed by atoms with van der Waals surface area (Å²) in [6.07, 6.45) is 3.32. The van der Waals surface area contributed by atoms with E-state index in [2.05, 4.69) is 20.4 Å². The van der Waals surface area contributed by atoms with Crippen LogP contribution >= 0.6 is 0 Å². The number of hydrogen-bond donors (Lipinski definition) is 1. The van der Waals surface area contributed by atoms with Crippen molar-refractivity contribution in [1.82, 2.24) is 19.6 Å². The minimum absolute atomic E-state index is 0.0782. The summed E-state index contributed by atoms with van der Waals surface area (Å²) in [5, 5.41) is 6.72. The molecule has 3 heterocycles. The van der Waals surface area contributed by atoms with Crippen LogP contribution in [0.5, 0.6) is 0 Å². The highest BCUT2D eigenvalue weighted by Gasteiger charge is 2.35. The lowest BCUT2D eigenvalue weighted by atomic mass is 10.1. The summed E-state index contributed by atoms with van der Waals surface area (Å²) in [7, 11) is 0. The highest BCUT2D eigenvalue weighted by Crippen LogP contribution is 2.26. The second kappa shape index (κ2) is 5.93. The van der Waals surface area contributed by atoms with Crippen LogP contribution in [0, 0.1) is 11.7 Å². The lowest BCUT2D eigenvalue weighted by Gasteiger charge is -2.16. The van der Waals surface area contributed by atoms with E-state index >= 15 is 0 Å². The standard InChI is InChI=1S/C16H13FN6O2/c17-11-2-4-12(5-3-11)22-9-10(8-13(22)24)14(25)19-15-20-16-18-6-1-7-23(16)21-15/h1-7,10H,8-9H2,(H,19,21,25). The largest absolute Gasteiger partial charge is 0.312 e. The van der Waals surface area contributed by atoms with Crippen molar-refractivity contribution < 1.29 is 14.0 Å². The van der Waals surface area contributed by atoms with E-state index < -0.39 is 5.92 Å². The maximum absolute atomic E-state index is 13.0. The molecule has 2 amide bonds. The molecule has 1 atom stereocenters. The summed E-state index contributed by atoms with van der Waals surface area (Å²) in [5.74, 6) is -0.928. The summed E-state index contributed by atoms with van der Waals surface area (Å²) in [4.78, 5) is 34.2. The Morgan fingerprint density at radius 3 is 2.84 bits per heavy atom. The molecule has 0 bridgehead atoms. The first-order valence-corrected chi connectivity index (χ1v) is 7.64. The molecule has 0 spiro atoms. The zero-order chi connectivity index (χ0) is 17.4. The van der Waals surface area contributed by atoms with E-state index in [9.17, 15) is 14.0 Å².